The molecular weight excluding hydrogens is 301 g/mol. The summed E-state index contributed by atoms with van der Waals surface area (Å²) in [5.74, 6) is 0.178. The van der Waals surface area contributed by atoms with E-state index in [9.17, 15) is 0 Å². The molecule has 0 saturated heterocycles. The van der Waals surface area contributed by atoms with Gasteiger partial charge in [-0.05, 0) is 18.2 Å². The van der Waals surface area contributed by atoms with Crippen LogP contribution in [0.4, 0.5) is 5.95 Å². The van der Waals surface area contributed by atoms with Crippen molar-refractivity contribution in [2.75, 3.05) is 5.73 Å². The van der Waals surface area contributed by atoms with Gasteiger partial charge in [-0.2, -0.15) is 0 Å². The van der Waals surface area contributed by atoms with Crippen molar-refractivity contribution in [1.29, 1.82) is 0 Å². The number of halogens is 3. The maximum Gasteiger partial charge on any atom is 0.221 e. The van der Waals surface area contributed by atoms with Crippen LogP contribution < -0.4 is 5.73 Å². The molecule has 1 aromatic heterocycles. The Balaban J connectivity index is 2.31. The normalized spacial score (nSPS) is 10.5. The van der Waals surface area contributed by atoms with Crippen molar-refractivity contribution in [3.8, 4) is 0 Å². The van der Waals surface area contributed by atoms with Crippen molar-refractivity contribution in [3.63, 3.8) is 0 Å². The number of rotatable bonds is 2. The van der Waals surface area contributed by atoms with Gasteiger partial charge in [-0.15, -0.1) is 0 Å². The van der Waals surface area contributed by atoms with Gasteiger partial charge in [0.05, 0.1) is 21.3 Å². The summed E-state index contributed by atoms with van der Waals surface area (Å²) in [5, 5.41) is 2.01. The molecule has 3 nitrogen and oxygen atoms in total. The number of nitrogens with zero attached hydrogens (tertiary/aromatic N) is 2. The smallest absolute Gasteiger partial charge is 0.221 e. The lowest BCUT2D eigenvalue weighted by molar-refractivity contribution is 1.06. The molecule has 2 rings (SSSR count). The third-order valence-electron chi connectivity index (χ3n) is 1.84. The molecule has 0 amide bonds. The van der Waals surface area contributed by atoms with E-state index in [0.717, 1.165) is 4.90 Å². The lowest BCUT2D eigenvalue weighted by Crippen LogP contribution is -1.95. The summed E-state index contributed by atoms with van der Waals surface area (Å²) >= 11 is 19.0. The van der Waals surface area contributed by atoms with Crippen LogP contribution in [0.1, 0.15) is 0 Å². The first-order valence-corrected chi connectivity index (χ1v) is 6.42. The molecule has 0 saturated carbocycles. The Morgan fingerprint density at radius 1 is 1.06 bits per heavy atom. The summed E-state index contributed by atoms with van der Waals surface area (Å²) in [6, 6.07) is 5.28. The van der Waals surface area contributed by atoms with Crippen molar-refractivity contribution in [2.24, 2.45) is 0 Å². The molecule has 0 radical (unpaired) electrons. The average Bonchev–Trinajstić information content (AvgIpc) is 2.29. The number of benzene rings is 1. The third-order valence-corrected chi connectivity index (χ3v) is 3.96. The van der Waals surface area contributed by atoms with Crippen molar-refractivity contribution in [2.45, 2.75) is 9.92 Å². The summed E-state index contributed by atoms with van der Waals surface area (Å²) in [7, 11) is 0. The molecule has 0 aliphatic carbocycles. The van der Waals surface area contributed by atoms with Gasteiger partial charge in [0.15, 0.2) is 0 Å². The molecule has 0 aliphatic rings. The van der Waals surface area contributed by atoms with Gasteiger partial charge in [-0.3, -0.25) is 0 Å². The number of aromatic nitrogens is 2. The van der Waals surface area contributed by atoms with Crippen LogP contribution in [0.3, 0.4) is 0 Å². The monoisotopic (exact) mass is 305 g/mol. The molecule has 0 atom stereocenters. The maximum atomic E-state index is 5.96. The first-order valence-electron chi connectivity index (χ1n) is 4.47. The minimum Gasteiger partial charge on any atom is -0.368 e. The van der Waals surface area contributed by atoms with Crippen molar-refractivity contribution in [1.82, 2.24) is 9.97 Å². The molecule has 2 N–H and O–H groups in total. The summed E-state index contributed by atoms with van der Waals surface area (Å²) in [4.78, 5) is 8.70. The molecule has 0 unspecified atom stereocenters. The Hall–Kier alpha value is -0.680. The standard InChI is InChI=1S/C10H6Cl3N3S/c11-6-2-1-5(3-7(6)12)17-9-8(13)4-15-10(14)16-9/h1-4H,(H2,14,15,16). The number of hydrogen-bond acceptors (Lipinski definition) is 4. The summed E-state index contributed by atoms with van der Waals surface area (Å²) < 4.78 is 0. The Morgan fingerprint density at radius 3 is 2.53 bits per heavy atom. The molecule has 0 aliphatic heterocycles. The highest BCUT2D eigenvalue weighted by Crippen LogP contribution is 2.34. The average molecular weight is 307 g/mol. The zero-order chi connectivity index (χ0) is 12.4. The SMILES string of the molecule is Nc1ncc(Cl)c(Sc2ccc(Cl)c(Cl)c2)n1. The molecule has 7 heteroatoms. The van der Waals surface area contributed by atoms with E-state index in [0.29, 0.717) is 20.1 Å². The van der Waals surface area contributed by atoms with Crippen LogP contribution in [0.15, 0.2) is 34.3 Å². The van der Waals surface area contributed by atoms with Crippen LogP contribution >= 0.6 is 46.6 Å². The minimum absolute atomic E-state index is 0.178. The van der Waals surface area contributed by atoms with Crippen LogP contribution in [0.2, 0.25) is 15.1 Å². The highest BCUT2D eigenvalue weighted by Gasteiger charge is 2.07. The van der Waals surface area contributed by atoms with Gasteiger partial charge in [0.2, 0.25) is 5.95 Å². The highest BCUT2D eigenvalue weighted by molar-refractivity contribution is 7.99. The molecule has 17 heavy (non-hydrogen) atoms. The summed E-state index contributed by atoms with van der Waals surface area (Å²) in [5.41, 5.74) is 5.49. The van der Waals surface area contributed by atoms with Gasteiger partial charge in [-0.1, -0.05) is 46.6 Å². The Kier molecular flexibility index (Phi) is 3.99. The van der Waals surface area contributed by atoms with Gasteiger partial charge in [0, 0.05) is 4.90 Å². The first kappa shape index (κ1) is 12.8. The Bertz CT molecular complexity index is 562. The van der Waals surface area contributed by atoms with Crippen LogP contribution in [0.25, 0.3) is 0 Å². The van der Waals surface area contributed by atoms with Gasteiger partial charge in [0.25, 0.3) is 0 Å². The van der Waals surface area contributed by atoms with Gasteiger partial charge >= 0.3 is 0 Å². The number of nitrogens with two attached hydrogens (primary N) is 1. The molecule has 0 spiro atoms. The lowest BCUT2D eigenvalue weighted by atomic mass is 10.4. The Labute approximate surface area is 117 Å². The maximum absolute atomic E-state index is 5.96. The molecule has 0 bridgehead atoms. The highest BCUT2D eigenvalue weighted by atomic mass is 35.5. The largest absolute Gasteiger partial charge is 0.368 e. The summed E-state index contributed by atoms with van der Waals surface area (Å²) in [6.45, 7) is 0. The fourth-order valence-electron chi connectivity index (χ4n) is 1.09. The molecule has 0 fully saturated rings. The van der Waals surface area contributed by atoms with E-state index in [4.69, 9.17) is 40.5 Å². The van der Waals surface area contributed by atoms with Gasteiger partial charge in [-0.25, -0.2) is 9.97 Å². The topological polar surface area (TPSA) is 51.8 Å². The van der Waals surface area contributed by atoms with E-state index in [1.54, 1.807) is 12.1 Å². The lowest BCUT2D eigenvalue weighted by Gasteiger charge is -2.04. The predicted molar refractivity (Wildman–Crippen MR) is 72.0 cm³/mol. The van der Waals surface area contributed by atoms with E-state index in [2.05, 4.69) is 9.97 Å². The Morgan fingerprint density at radius 2 is 1.82 bits per heavy atom. The molecule has 88 valence electrons. The number of anilines is 1. The molecule has 1 heterocycles. The summed E-state index contributed by atoms with van der Waals surface area (Å²) in [6.07, 6.45) is 1.46. The van der Waals surface area contributed by atoms with Crippen molar-refractivity contribution in [3.05, 3.63) is 39.5 Å². The molecule has 1 aromatic carbocycles. The van der Waals surface area contributed by atoms with Crippen molar-refractivity contribution < 1.29 is 0 Å². The minimum atomic E-state index is 0.178. The van der Waals surface area contributed by atoms with E-state index < -0.39 is 0 Å². The number of hydrogen-bond donors (Lipinski definition) is 1. The van der Waals surface area contributed by atoms with Crippen LogP contribution in [0, 0.1) is 0 Å². The van der Waals surface area contributed by atoms with E-state index >= 15 is 0 Å². The third kappa shape index (κ3) is 3.16. The second-order valence-corrected chi connectivity index (χ2v) is 5.34. The second-order valence-electron chi connectivity index (χ2n) is 3.06. The van der Waals surface area contributed by atoms with Crippen molar-refractivity contribution >= 4 is 52.5 Å². The van der Waals surface area contributed by atoms with Gasteiger partial charge < -0.3 is 5.73 Å². The van der Waals surface area contributed by atoms with Gasteiger partial charge in [0.1, 0.15) is 5.03 Å². The predicted octanol–water partition coefficient (Wildman–Crippen LogP) is 4.17. The van der Waals surface area contributed by atoms with E-state index in [1.807, 2.05) is 6.07 Å². The fourth-order valence-corrected chi connectivity index (χ4v) is 2.48. The zero-order valence-electron chi connectivity index (χ0n) is 8.32. The number of nitrogen functional groups attached to an aromatic ring is 1. The van der Waals surface area contributed by atoms with Crippen LogP contribution in [-0.2, 0) is 0 Å². The quantitative estimate of drug-likeness (QED) is 0.846. The van der Waals surface area contributed by atoms with Crippen LogP contribution in [-0.4, -0.2) is 9.97 Å². The zero-order valence-corrected chi connectivity index (χ0v) is 11.4. The molecule has 2 aromatic rings. The van der Waals surface area contributed by atoms with E-state index in [-0.39, 0.29) is 5.95 Å². The van der Waals surface area contributed by atoms with E-state index in [1.165, 1.54) is 18.0 Å². The molecular formula is C10H6Cl3N3S. The van der Waals surface area contributed by atoms with Crippen LogP contribution in [0.5, 0.6) is 0 Å². The first-order chi connectivity index (χ1) is 8.06. The fraction of sp³-hybridized carbons (Fsp3) is 0. The second kappa shape index (κ2) is 5.31.